The van der Waals surface area contributed by atoms with Gasteiger partial charge < -0.3 is 10.3 Å². The molecule has 0 fully saturated rings. The van der Waals surface area contributed by atoms with Crippen molar-refractivity contribution in [1.29, 1.82) is 0 Å². The van der Waals surface area contributed by atoms with E-state index in [1.54, 1.807) is 0 Å². The summed E-state index contributed by atoms with van der Waals surface area (Å²) in [5.74, 6) is 1.06. The summed E-state index contributed by atoms with van der Waals surface area (Å²) in [6.07, 6.45) is 0.800. The van der Waals surface area contributed by atoms with Gasteiger partial charge >= 0.3 is 0 Å². The van der Waals surface area contributed by atoms with Crippen molar-refractivity contribution in [1.82, 2.24) is 9.55 Å². The number of imidazole rings is 1. The number of hydrogen-bond donors (Lipinski definition) is 1. The first-order valence-electron chi connectivity index (χ1n) is 8.22. The summed E-state index contributed by atoms with van der Waals surface area (Å²) < 4.78 is 2.29. The van der Waals surface area contributed by atoms with Crippen molar-refractivity contribution in [2.45, 2.75) is 39.2 Å². The molecule has 0 spiro atoms. The minimum atomic E-state index is 0.185. The molecule has 2 aromatic carbocycles. The molecule has 2 N–H and O–H groups in total. The van der Waals surface area contributed by atoms with Crippen molar-refractivity contribution in [2.75, 3.05) is 6.54 Å². The smallest absolute Gasteiger partial charge is 0.111 e. The van der Waals surface area contributed by atoms with Crippen LogP contribution in [0.1, 0.15) is 37.7 Å². The number of fused-ring (bicyclic) bond motifs is 1. The molecule has 0 bridgehead atoms. The molecular formula is C20H25N3. The Morgan fingerprint density at radius 3 is 2.35 bits per heavy atom. The molecule has 0 amide bonds. The van der Waals surface area contributed by atoms with Gasteiger partial charge in [0.25, 0.3) is 0 Å². The molecule has 0 saturated heterocycles. The first-order valence-corrected chi connectivity index (χ1v) is 8.22. The van der Waals surface area contributed by atoms with E-state index >= 15 is 0 Å². The highest BCUT2D eigenvalue weighted by Gasteiger charge is 2.14. The van der Waals surface area contributed by atoms with Gasteiger partial charge in [0.15, 0.2) is 0 Å². The Balaban J connectivity index is 1.96. The van der Waals surface area contributed by atoms with E-state index < -0.39 is 0 Å². The molecule has 120 valence electrons. The fourth-order valence-electron chi connectivity index (χ4n) is 2.91. The average Bonchev–Trinajstić information content (AvgIpc) is 2.85. The van der Waals surface area contributed by atoms with Gasteiger partial charge in [-0.2, -0.15) is 0 Å². The molecule has 0 unspecified atom stereocenters. The molecule has 1 aromatic heterocycles. The second kappa shape index (κ2) is 6.17. The molecule has 0 aliphatic carbocycles. The Labute approximate surface area is 138 Å². The first-order chi connectivity index (χ1) is 11.0. The van der Waals surface area contributed by atoms with Gasteiger partial charge in [-0.25, -0.2) is 4.98 Å². The SMILES string of the molecule is CC(C)(C)c1ccc(Cn2c(CCN)nc3ccccc32)cc1. The minimum absolute atomic E-state index is 0.185. The number of aromatic nitrogens is 2. The molecule has 0 saturated carbocycles. The standard InChI is InChI=1S/C20H25N3/c1-20(2,3)16-10-8-15(9-11-16)14-23-18-7-5-4-6-17(18)22-19(23)12-13-21/h4-11H,12-14,21H2,1-3H3. The third-order valence-corrected chi connectivity index (χ3v) is 4.26. The molecule has 3 heteroatoms. The topological polar surface area (TPSA) is 43.8 Å². The number of rotatable bonds is 4. The Morgan fingerprint density at radius 1 is 1.00 bits per heavy atom. The van der Waals surface area contributed by atoms with Crippen LogP contribution in [-0.2, 0) is 18.4 Å². The van der Waals surface area contributed by atoms with Crippen LogP contribution in [0.2, 0.25) is 0 Å². The Bertz CT molecular complexity index is 792. The maximum atomic E-state index is 5.76. The second-order valence-corrected chi connectivity index (χ2v) is 7.09. The van der Waals surface area contributed by atoms with E-state index in [0.29, 0.717) is 6.54 Å². The molecule has 1 heterocycles. The molecule has 3 aromatic rings. The summed E-state index contributed by atoms with van der Waals surface area (Å²) in [5, 5.41) is 0. The van der Waals surface area contributed by atoms with Crippen molar-refractivity contribution in [3.05, 3.63) is 65.5 Å². The van der Waals surface area contributed by atoms with Gasteiger partial charge in [0.05, 0.1) is 11.0 Å². The quantitative estimate of drug-likeness (QED) is 0.795. The summed E-state index contributed by atoms with van der Waals surface area (Å²) in [6.45, 7) is 8.17. The normalized spacial score (nSPS) is 12.0. The molecule has 23 heavy (non-hydrogen) atoms. The second-order valence-electron chi connectivity index (χ2n) is 7.09. The summed E-state index contributed by atoms with van der Waals surface area (Å²) in [5.41, 5.74) is 10.8. The van der Waals surface area contributed by atoms with Gasteiger partial charge in [-0.3, -0.25) is 0 Å². The molecule has 0 atom stereocenters. The average molecular weight is 307 g/mol. The van der Waals surface area contributed by atoms with Crippen molar-refractivity contribution in [3.63, 3.8) is 0 Å². The fraction of sp³-hybridized carbons (Fsp3) is 0.350. The molecule has 0 aliphatic rings. The van der Waals surface area contributed by atoms with Crippen molar-refractivity contribution < 1.29 is 0 Å². The van der Waals surface area contributed by atoms with Gasteiger partial charge in [0.1, 0.15) is 5.82 Å². The minimum Gasteiger partial charge on any atom is -0.330 e. The number of hydrogen-bond acceptors (Lipinski definition) is 2. The van der Waals surface area contributed by atoms with Crippen LogP contribution in [0.25, 0.3) is 11.0 Å². The van der Waals surface area contributed by atoms with E-state index in [4.69, 9.17) is 10.7 Å². The van der Waals surface area contributed by atoms with Crippen LogP contribution in [0, 0.1) is 0 Å². The Morgan fingerprint density at radius 2 is 1.70 bits per heavy atom. The van der Waals surface area contributed by atoms with Gasteiger partial charge in [0, 0.05) is 13.0 Å². The molecular weight excluding hydrogens is 282 g/mol. The van der Waals surface area contributed by atoms with E-state index in [1.807, 2.05) is 6.07 Å². The number of nitrogens with zero attached hydrogens (tertiary/aromatic N) is 2. The van der Waals surface area contributed by atoms with Crippen LogP contribution in [-0.4, -0.2) is 16.1 Å². The highest BCUT2D eigenvalue weighted by Crippen LogP contribution is 2.23. The lowest BCUT2D eigenvalue weighted by atomic mass is 9.87. The summed E-state index contributed by atoms with van der Waals surface area (Å²) in [7, 11) is 0. The van der Waals surface area contributed by atoms with Crippen molar-refractivity contribution in [2.24, 2.45) is 5.73 Å². The van der Waals surface area contributed by atoms with E-state index in [-0.39, 0.29) is 5.41 Å². The molecule has 0 aliphatic heterocycles. The van der Waals surface area contributed by atoms with Crippen LogP contribution in [0.4, 0.5) is 0 Å². The Kier molecular flexibility index (Phi) is 4.22. The van der Waals surface area contributed by atoms with E-state index in [1.165, 1.54) is 16.6 Å². The third kappa shape index (κ3) is 3.30. The van der Waals surface area contributed by atoms with Crippen LogP contribution in [0.15, 0.2) is 48.5 Å². The van der Waals surface area contributed by atoms with E-state index in [2.05, 4.69) is 67.8 Å². The number of para-hydroxylation sites is 2. The predicted octanol–water partition coefficient (Wildman–Crippen LogP) is 3.88. The zero-order valence-corrected chi connectivity index (χ0v) is 14.2. The zero-order chi connectivity index (χ0) is 16.4. The Hall–Kier alpha value is -2.13. The fourth-order valence-corrected chi connectivity index (χ4v) is 2.91. The summed E-state index contributed by atoms with van der Waals surface area (Å²) in [6, 6.07) is 17.2. The molecule has 3 nitrogen and oxygen atoms in total. The van der Waals surface area contributed by atoms with Crippen LogP contribution in [0.5, 0.6) is 0 Å². The van der Waals surface area contributed by atoms with Crippen LogP contribution < -0.4 is 5.73 Å². The molecule has 0 radical (unpaired) electrons. The number of benzene rings is 2. The van der Waals surface area contributed by atoms with E-state index in [9.17, 15) is 0 Å². The zero-order valence-electron chi connectivity index (χ0n) is 14.2. The monoisotopic (exact) mass is 307 g/mol. The maximum absolute atomic E-state index is 5.76. The van der Waals surface area contributed by atoms with Gasteiger partial charge in [-0.1, -0.05) is 57.2 Å². The first kappa shape index (κ1) is 15.8. The van der Waals surface area contributed by atoms with Crippen molar-refractivity contribution in [3.8, 4) is 0 Å². The highest BCUT2D eigenvalue weighted by atomic mass is 15.1. The summed E-state index contributed by atoms with van der Waals surface area (Å²) >= 11 is 0. The van der Waals surface area contributed by atoms with Gasteiger partial charge in [-0.15, -0.1) is 0 Å². The van der Waals surface area contributed by atoms with Gasteiger partial charge in [-0.05, 0) is 35.2 Å². The van der Waals surface area contributed by atoms with E-state index in [0.717, 1.165) is 24.3 Å². The number of nitrogens with two attached hydrogens (primary N) is 1. The van der Waals surface area contributed by atoms with Crippen LogP contribution in [0.3, 0.4) is 0 Å². The highest BCUT2D eigenvalue weighted by molar-refractivity contribution is 5.76. The third-order valence-electron chi connectivity index (χ3n) is 4.26. The summed E-state index contributed by atoms with van der Waals surface area (Å²) in [4.78, 5) is 4.74. The lowest BCUT2D eigenvalue weighted by molar-refractivity contribution is 0.589. The van der Waals surface area contributed by atoms with Gasteiger partial charge in [0.2, 0.25) is 0 Å². The lowest BCUT2D eigenvalue weighted by Gasteiger charge is -2.19. The molecule has 3 rings (SSSR count). The maximum Gasteiger partial charge on any atom is 0.111 e. The van der Waals surface area contributed by atoms with Crippen molar-refractivity contribution >= 4 is 11.0 Å². The largest absolute Gasteiger partial charge is 0.330 e. The van der Waals surface area contributed by atoms with Crippen LogP contribution >= 0.6 is 0 Å². The lowest BCUT2D eigenvalue weighted by Crippen LogP contribution is -2.12. The predicted molar refractivity (Wildman–Crippen MR) is 96.7 cm³/mol.